The molecule has 0 bridgehead atoms. The number of ether oxygens (including phenoxy) is 2. The quantitative estimate of drug-likeness (QED) is 0.585. The predicted molar refractivity (Wildman–Crippen MR) is 83.6 cm³/mol. The molecule has 0 aromatic heterocycles. The maximum atomic E-state index is 12.2. The molecule has 2 aromatic carbocycles. The van der Waals surface area contributed by atoms with Crippen molar-refractivity contribution in [1.29, 1.82) is 0 Å². The summed E-state index contributed by atoms with van der Waals surface area (Å²) in [6.07, 6.45) is 1.89. The first-order valence-corrected chi connectivity index (χ1v) is 7.17. The van der Waals surface area contributed by atoms with Gasteiger partial charge >= 0.3 is 5.97 Å². The van der Waals surface area contributed by atoms with Gasteiger partial charge in [0.05, 0.1) is 19.3 Å². The molecular formula is C18H20O3. The van der Waals surface area contributed by atoms with Crippen molar-refractivity contribution in [3.8, 4) is 16.9 Å². The summed E-state index contributed by atoms with van der Waals surface area (Å²) in [6, 6.07) is 15.1. The number of methoxy groups -OCH3 is 1. The zero-order chi connectivity index (χ0) is 15.1. The van der Waals surface area contributed by atoms with Gasteiger partial charge in [-0.3, -0.25) is 0 Å². The van der Waals surface area contributed by atoms with Crippen LogP contribution in [-0.4, -0.2) is 19.7 Å². The van der Waals surface area contributed by atoms with Gasteiger partial charge in [-0.2, -0.15) is 0 Å². The molecule has 0 fully saturated rings. The molecule has 2 aromatic rings. The Kier molecular flexibility index (Phi) is 5.38. The summed E-state index contributed by atoms with van der Waals surface area (Å²) in [7, 11) is 1.63. The Morgan fingerprint density at radius 2 is 1.90 bits per heavy atom. The molecule has 3 nitrogen and oxygen atoms in total. The van der Waals surface area contributed by atoms with E-state index in [1.54, 1.807) is 13.2 Å². The van der Waals surface area contributed by atoms with E-state index in [0.29, 0.717) is 12.2 Å². The van der Waals surface area contributed by atoms with Crippen LogP contribution in [0.2, 0.25) is 0 Å². The van der Waals surface area contributed by atoms with E-state index in [1.807, 2.05) is 42.5 Å². The van der Waals surface area contributed by atoms with Crippen LogP contribution in [0.1, 0.15) is 30.1 Å². The van der Waals surface area contributed by atoms with Crippen LogP contribution in [0, 0.1) is 0 Å². The summed E-state index contributed by atoms with van der Waals surface area (Å²) in [4.78, 5) is 12.2. The largest absolute Gasteiger partial charge is 0.497 e. The molecule has 0 spiro atoms. The smallest absolute Gasteiger partial charge is 0.338 e. The second-order valence-electron chi connectivity index (χ2n) is 4.77. The molecule has 3 heteroatoms. The number of esters is 1. The lowest BCUT2D eigenvalue weighted by Gasteiger charge is -2.10. The van der Waals surface area contributed by atoms with E-state index in [2.05, 4.69) is 6.92 Å². The first-order valence-electron chi connectivity index (χ1n) is 7.17. The topological polar surface area (TPSA) is 35.5 Å². The monoisotopic (exact) mass is 284 g/mol. The van der Waals surface area contributed by atoms with E-state index in [0.717, 1.165) is 29.7 Å². The second-order valence-corrected chi connectivity index (χ2v) is 4.77. The molecule has 0 amide bonds. The number of hydrogen-bond donors (Lipinski definition) is 0. The van der Waals surface area contributed by atoms with Gasteiger partial charge in [-0.25, -0.2) is 4.79 Å². The number of carbonyl (C=O) groups is 1. The highest BCUT2D eigenvalue weighted by molar-refractivity contribution is 5.97. The molecule has 0 aliphatic rings. The number of unbranched alkanes of at least 4 members (excludes halogenated alkanes) is 1. The van der Waals surface area contributed by atoms with Crippen molar-refractivity contribution in [3.05, 3.63) is 54.1 Å². The van der Waals surface area contributed by atoms with Crippen LogP contribution in [0.25, 0.3) is 11.1 Å². The van der Waals surface area contributed by atoms with Gasteiger partial charge in [-0.15, -0.1) is 0 Å². The van der Waals surface area contributed by atoms with Gasteiger partial charge in [0.2, 0.25) is 0 Å². The Morgan fingerprint density at radius 3 is 2.67 bits per heavy atom. The van der Waals surface area contributed by atoms with E-state index < -0.39 is 0 Å². The van der Waals surface area contributed by atoms with Gasteiger partial charge in [0, 0.05) is 0 Å². The zero-order valence-corrected chi connectivity index (χ0v) is 12.5. The fourth-order valence-electron chi connectivity index (χ4n) is 2.09. The summed E-state index contributed by atoms with van der Waals surface area (Å²) >= 11 is 0. The normalized spacial score (nSPS) is 10.2. The zero-order valence-electron chi connectivity index (χ0n) is 12.5. The Bertz CT molecular complexity index is 605. The maximum absolute atomic E-state index is 12.2. The summed E-state index contributed by atoms with van der Waals surface area (Å²) in [6.45, 7) is 2.53. The molecule has 0 saturated carbocycles. The lowest BCUT2D eigenvalue weighted by atomic mass is 9.99. The predicted octanol–water partition coefficient (Wildman–Crippen LogP) is 4.32. The van der Waals surface area contributed by atoms with Gasteiger partial charge in [-0.1, -0.05) is 43.7 Å². The highest BCUT2D eigenvalue weighted by Gasteiger charge is 2.13. The van der Waals surface area contributed by atoms with Crippen molar-refractivity contribution in [2.75, 3.05) is 13.7 Å². The molecule has 0 saturated heterocycles. The number of rotatable bonds is 6. The Morgan fingerprint density at radius 1 is 1.10 bits per heavy atom. The van der Waals surface area contributed by atoms with Gasteiger partial charge in [0.15, 0.2) is 0 Å². The number of benzene rings is 2. The first kappa shape index (κ1) is 15.1. The second kappa shape index (κ2) is 7.48. The third-order valence-corrected chi connectivity index (χ3v) is 3.26. The van der Waals surface area contributed by atoms with E-state index in [1.165, 1.54) is 0 Å². The summed E-state index contributed by atoms with van der Waals surface area (Å²) in [5, 5.41) is 0. The maximum Gasteiger partial charge on any atom is 0.338 e. The molecule has 0 atom stereocenters. The van der Waals surface area contributed by atoms with Crippen LogP contribution < -0.4 is 4.74 Å². The molecule has 0 aliphatic heterocycles. The third-order valence-electron chi connectivity index (χ3n) is 3.26. The van der Waals surface area contributed by atoms with Crippen molar-refractivity contribution < 1.29 is 14.3 Å². The molecule has 2 rings (SSSR count). The van der Waals surface area contributed by atoms with Crippen molar-refractivity contribution in [2.24, 2.45) is 0 Å². The van der Waals surface area contributed by atoms with Crippen LogP contribution in [0.3, 0.4) is 0 Å². The van der Waals surface area contributed by atoms with Crippen LogP contribution in [0.4, 0.5) is 0 Å². The van der Waals surface area contributed by atoms with Gasteiger partial charge in [-0.05, 0) is 35.7 Å². The van der Waals surface area contributed by atoms with Gasteiger partial charge in [0.1, 0.15) is 5.75 Å². The Hall–Kier alpha value is -2.29. The highest BCUT2D eigenvalue weighted by atomic mass is 16.5. The van der Waals surface area contributed by atoms with Gasteiger partial charge < -0.3 is 9.47 Å². The highest BCUT2D eigenvalue weighted by Crippen LogP contribution is 2.27. The molecule has 21 heavy (non-hydrogen) atoms. The minimum absolute atomic E-state index is 0.276. The van der Waals surface area contributed by atoms with E-state index in [-0.39, 0.29) is 5.97 Å². The van der Waals surface area contributed by atoms with Crippen LogP contribution in [0.15, 0.2) is 48.5 Å². The number of hydrogen-bond acceptors (Lipinski definition) is 3. The summed E-state index contributed by atoms with van der Waals surface area (Å²) in [5.74, 6) is 0.489. The summed E-state index contributed by atoms with van der Waals surface area (Å²) in [5.41, 5.74) is 2.39. The van der Waals surface area contributed by atoms with E-state index in [9.17, 15) is 4.79 Å². The molecule has 0 heterocycles. The fourth-order valence-corrected chi connectivity index (χ4v) is 2.09. The van der Waals surface area contributed by atoms with Crippen LogP contribution in [0.5, 0.6) is 5.75 Å². The standard InChI is InChI=1S/C18H20O3/c1-3-4-12-21-18(19)17-11-6-5-10-16(17)14-8-7-9-15(13-14)20-2/h5-11,13H,3-4,12H2,1-2H3. The van der Waals surface area contributed by atoms with Crippen molar-refractivity contribution in [1.82, 2.24) is 0 Å². The Labute approximate surface area is 125 Å². The molecule has 0 radical (unpaired) electrons. The average Bonchev–Trinajstić information content (AvgIpc) is 2.55. The van der Waals surface area contributed by atoms with Crippen molar-refractivity contribution in [2.45, 2.75) is 19.8 Å². The first-order chi connectivity index (χ1) is 10.3. The fraction of sp³-hybridized carbons (Fsp3) is 0.278. The third kappa shape index (κ3) is 3.85. The molecule has 0 aliphatic carbocycles. The van der Waals surface area contributed by atoms with Gasteiger partial charge in [0.25, 0.3) is 0 Å². The van der Waals surface area contributed by atoms with E-state index in [4.69, 9.17) is 9.47 Å². The molecule has 110 valence electrons. The van der Waals surface area contributed by atoms with Crippen molar-refractivity contribution >= 4 is 5.97 Å². The summed E-state index contributed by atoms with van der Waals surface area (Å²) < 4.78 is 10.6. The number of carbonyl (C=O) groups excluding carboxylic acids is 1. The van der Waals surface area contributed by atoms with Crippen molar-refractivity contribution in [3.63, 3.8) is 0 Å². The lowest BCUT2D eigenvalue weighted by Crippen LogP contribution is -2.07. The molecule has 0 unspecified atom stereocenters. The SMILES string of the molecule is CCCCOC(=O)c1ccccc1-c1cccc(OC)c1. The minimum atomic E-state index is -0.276. The Balaban J connectivity index is 2.29. The van der Waals surface area contributed by atoms with E-state index >= 15 is 0 Å². The van der Waals surface area contributed by atoms with Crippen LogP contribution in [-0.2, 0) is 4.74 Å². The lowest BCUT2D eigenvalue weighted by molar-refractivity contribution is 0.0500. The minimum Gasteiger partial charge on any atom is -0.497 e. The molecular weight excluding hydrogens is 264 g/mol. The average molecular weight is 284 g/mol. The van der Waals surface area contributed by atoms with Crippen LogP contribution >= 0.6 is 0 Å². The molecule has 0 N–H and O–H groups in total.